The molecule has 0 bridgehead atoms. The van der Waals surface area contributed by atoms with Gasteiger partial charge < -0.3 is 4.57 Å². The summed E-state index contributed by atoms with van der Waals surface area (Å²) in [5.41, 5.74) is 1.86. The van der Waals surface area contributed by atoms with Crippen molar-refractivity contribution < 1.29 is 4.79 Å². The minimum absolute atomic E-state index is 0.0273. The van der Waals surface area contributed by atoms with E-state index < -0.39 is 0 Å². The van der Waals surface area contributed by atoms with Gasteiger partial charge in [-0.1, -0.05) is 24.3 Å². The Hall–Kier alpha value is -3.06. The van der Waals surface area contributed by atoms with E-state index in [-0.39, 0.29) is 5.91 Å². The second kappa shape index (κ2) is 5.47. The van der Waals surface area contributed by atoms with E-state index in [2.05, 4.69) is 26.9 Å². The fraction of sp³-hybridized carbons (Fsp3) is 0.200. The van der Waals surface area contributed by atoms with Crippen LogP contribution in [0, 0.1) is 0 Å². The van der Waals surface area contributed by atoms with E-state index >= 15 is 0 Å². The Labute approximate surface area is 159 Å². The predicted octanol–water partition coefficient (Wildman–Crippen LogP) is 4.05. The molecule has 1 amide bonds. The number of anilines is 1. The average Bonchev–Trinajstić information content (AvgIpc) is 3.18. The molecule has 2 aliphatic rings. The molecule has 1 aromatic carbocycles. The number of thiophene rings is 1. The maximum Gasteiger partial charge on any atom is 0.270 e. The second-order valence-corrected chi connectivity index (χ2v) is 8.02. The van der Waals surface area contributed by atoms with Crippen LogP contribution in [0.5, 0.6) is 0 Å². The molecule has 6 nitrogen and oxygen atoms in total. The lowest BCUT2D eigenvalue weighted by Gasteiger charge is -2.16. The zero-order chi connectivity index (χ0) is 18.0. The number of carbonyl (C=O) groups excluding carboxylic acids is 1. The molecular weight excluding hydrogens is 358 g/mol. The zero-order valence-electron chi connectivity index (χ0n) is 14.4. The predicted molar refractivity (Wildman–Crippen MR) is 104 cm³/mol. The van der Waals surface area contributed by atoms with Crippen LogP contribution < -0.4 is 4.90 Å². The summed E-state index contributed by atoms with van der Waals surface area (Å²) in [5, 5.41) is 9.47. The minimum atomic E-state index is 0.0273. The molecule has 6 rings (SSSR count). The van der Waals surface area contributed by atoms with Gasteiger partial charge in [-0.3, -0.25) is 9.69 Å². The van der Waals surface area contributed by atoms with Gasteiger partial charge >= 0.3 is 0 Å². The highest BCUT2D eigenvalue weighted by molar-refractivity contribution is 7.21. The molecule has 3 aromatic heterocycles. The molecule has 0 radical (unpaired) electrons. The number of hydrogen-bond donors (Lipinski definition) is 0. The van der Waals surface area contributed by atoms with E-state index in [1.165, 1.54) is 0 Å². The summed E-state index contributed by atoms with van der Waals surface area (Å²) in [7, 11) is 0. The van der Waals surface area contributed by atoms with Gasteiger partial charge in [0.05, 0.1) is 11.4 Å². The van der Waals surface area contributed by atoms with Crippen molar-refractivity contribution in [2.24, 2.45) is 0 Å². The lowest BCUT2D eigenvalue weighted by Crippen LogP contribution is -2.24. The Morgan fingerprint density at radius 1 is 1.07 bits per heavy atom. The summed E-state index contributed by atoms with van der Waals surface area (Å²) in [5.74, 6) is 1.46. The first-order chi connectivity index (χ1) is 13.3. The van der Waals surface area contributed by atoms with Crippen LogP contribution in [-0.2, 0) is 6.54 Å². The van der Waals surface area contributed by atoms with Gasteiger partial charge in [0.1, 0.15) is 17.8 Å². The van der Waals surface area contributed by atoms with E-state index in [0.717, 1.165) is 44.9 Å². The van der Waals surface area contributed by atoms with Crippen molar-refractivity contribution in [1.82, 2.24) is 19.7 Å². The molecule has 7 heteroatoms. The Balaban J connectivity index is 1.39. The largest absolute Gasteiger partial charge is 0.309 e. The number of nitrogens with zero attached hydrogens (tertiary/aromatic N) is 5. The maximum atomic E-state index is 13.0. The quantitative estimate of drug-likeness (QED) is 0.543. The highest BCUT2D eigenvalue weighted by Crippen LogP contribution is 2.40. The van der Waals surface area contributed by atoms with Crippen LogP contribution in [0.1, 0.15) is 34.1 Å². The van der Waals surface area contributed by atoms with E-state index in [4.69, 9.17) is 4.98 Å². The van der Waals surface area contributed by atoms with E-state index in [1.54, 1.807) is 22.6 Å². The molecule has 0 spiro atoms. The molecule has 4 aromatic rings. The van der Waals surface area contributed by atoms with Crippen LogP contribution in [-0.4, -0.2) is 25.7 Å². The van der Waals surface area contributed by atoms with E-state index in [1.807, 2.05) is 30.3 Å². The normalized spacial score (nSPS) is 16.3. The van der Waals surface area contributed by atoms with Crippen molar-refractivity contribution in [3.63, 3.8) is 0 Å². The summed E-state index contributed by atoms with van der Waals surface area (Å²) in [6.45, 7) is 0.559. The molecular formula is C20H15N5OS. The summed E-state index contributed by atoms with van der Waals surface area (Å²) >= 11 is 1.56. The fourth-order valence-corrected chi connectivity index (χ4v) is 4.87. The van der Waals surface area contributed by atoms with E-state index in [0.29, 0.717) is 18.4 Å². The van der Waals surface area contributed by atoms with Crippen LogP contribution in [0.2, 0.25) is 0 Å². The van der Waals surface area contributed by atoms with Gasteiger partial charge in [-0.25, -0.2) is 4.98 Å². The monoisotopic (exact) mass is 373 g/mol. The lowest BCUT2D eigenvalue weighted by molar-refractivity contribution is 0.0999. The molecule has 0 saturated heterocycles. The Bertz CT molecular complexity index is 1210. The first-order valence-electron chi connectivity index (χ1n) is 8.99. The fourth-order valence-electron chi connectivity index (χ4n) is 3.71. The molecule has 27 heavy (non-hydrogen) atoms. The summed E-state index contributed by atoms with van der Waals surface area (Å²) in [6, 6.07) is 14.4. The third-order valence-corrected chi connectivity index (χ3v) is 6.41. The molecule has 4 heterocycles. The van der Waals surface area contributed by atoms with Crippen molar-refractivity contribution in [3.05, 3.63) is 59.2 Å². The van der Waals surface area contributed by atoms with Crippen molar-refractivity contribution in [3.8, 4) is 11.5 Å². The number of benzene rings is 1. The first-order valence-corrected chi connectivity index (χ1v) is 9.80. The molecule has 1 aliphatic carbocycles. The lowest BCUT2D eigenvalue weighted by atomic mass is 10.1. The topological polar surface area (TPSA) is 63.9 Å². The second-order valence-electron chi connectivity index (χ2n) is 6.97. The Morgan fingerprint density at radius 3 is 2.85 bits per heavy atom. The number of hydrogen-bond acceptors (Lipinski definition) is 5. The third kappa shape index (κ3) is 2.24. The molecule has 1 aliphatic heterocycles. The highest BCUT2D eigenvalue weighted by atomic mass is 32.1. The van der Waals surface area contributed by atoms with Gasteiger partial charge in [0.25, 0.3) is 5.91 Å². The molecule has 1 saturated carbocycles. The van der Waals surface area contributed by atoms with Crippen LogP contribution in [0.3, 0.4) is 0 Å². The van der Waals surface area contributed by atoms with Crippen LogP contribution >= 0.6 is 11.3 Å². The average molecular weight is 373 g/mol. The Kier molecular flexibility index (Phi) is 3.05. The van der Waals surface area contributed by atoms with Gasteiger partial charge in [0, 0.05) is 16.3 Å². The summed E-state index contributed by atoms with van der Waals surface area (Å²) in [4.78, 5) is 20.3. The number of aromatic nitrogens is 4. The zero-order valence-corrected chi connectivity index (χ0v) is 15.2. The smallest absolute Gasteiger partial charge is 0.270 e. The molecule has 0 unspecified atom stereocenters. The number of fused-ring (bicyclic) bond motifs is 3. The van der Waals surface area contributed by atoms with Crippen LogP contribution in [0.25, 0.3) is 21.6 Å². The van der Waals surface area contributed by atoms with Crippen LogP contribution in [0.15, 0.2) is 48.8 Å². The maximum absolute atomic E-state index is 13.0. The van der Waals surface area contributed by atoms with E-state index in [9.17, 15) is 4.79 Å². The summed E-state index contributed by atoms with van der Waals surface area (Å²) in [6.07, 6.45) is 4.08. The number of pyridine rings is 1. The molecule has 0 N–H and O–H groups in total. The molecule has 1 fully saturated rings. The van der Waals surface area contributed by atoms with Crippen LogP contribution in [0.4, 0.5) is 5.82 Å². The van der Waals surface area contributed by atoms with Crippen molar-refractivity contribution >= 4 is 33.1 Å². The first kappa shape index (κ1) is 15.0. The third-order valence-electron chi connectivity index (χ3n) is 5.21. The van der Waals surface area contributed by atoms with Gasteiger partial charge in [0.2, 0.25) is 0 Å². The summed E-state index contributed by atoms with van der Waals surface area (Å²) < 4.78 is 3.25. The molecule has 0 atom stereocenters. The number of rotatable bonds is 3. The van der Waals surface area contributed by atoms with Gasteiger partial charge in [0.15, 0.2) is 5.82 Å². The molecule has 132 valence electrons. The standard InChI is InChI=1S/C20H15N5OS/c26-20-18-14(13-4-1-2-6-16(13)27-18)10-24(20)17-7-3-5-15(22-17)19-23-21-11-25(19)12-8-9-12/h1-7,11-12H,8-10H2. The van der Waals surface area contributed by atoms with Crippen molar-refractivity contribution in [2.45, 2.75) is 25.4 Å². The Morgan fingerprint density at radius 2 is 1.96 bits per heavy atom. The van der Waals surface area contributed by atoms with Gasteiger partial charge in [-0.15, -0.1) is 21.5 Å². The van der Waals surface area contributed by atoms with Crippen molar-refractivity contribution in [1.29, 1.82) is 0 Å². The van der Waals surface area contributed by atoms with Crippen molar-refractivity contribution in [2.75, 3.05) is 4.90 Å². The SMILES string of the molecule is O=C1c2sc3ccccc3c2CN1c1cccc(-c2nncn2C2CC2)n1. The number of amides is 1. The minimum Gasteiger partial charge on any atom is -0.309 e. The van der Waals surface area contributed by atoms with Gasteiger partial charge in [-0.05, 0) is 36.4 Å². The highest BCUT2D eigenvalue weighted by Gasteiger charge is 2.33. The van der Waals surface area contributed by atoms with Gasteiger partial charge in [-0.2, -0.15) is 0 Å². The number of carbonyl (C=O) groups is 1.